The van der Waals surface area contributed by atoms with Gasteiger partial charge in [0.05, 0.1) is 17.9 Å². The lowest BCUT2D eigenvalue weighted by Crippen LogP contribution is -2.52. The number of alkyl halides is 3. The molecule has 0 bridgehead atoms. The Labute approximate surface area is 250 Å². The number of aliphatic hydroxyl groups is 1. The number of ether oxygens (including phenoxy) is 3. The maximum Gasteiger partial charge on any atom is 0.414 e. The van der Waals surface area contributed by atoms with Gasteiger partial charge < -0.3 is 30.8 Å². The van der Waals surface area contributed by atoms with Crippen LogP contribution < -0.4 is 25.7 Å². The monoisotopic (exact) mass is 613 g/mol. The van der Waals surface area contributed by atoms with Gasteiger partial charge in [0.25, 0.3) is 0 Å². The molecule has 1 amide bonds. The molecule has 44 heavy (non-hydrogen) atoms. The number of hydrogen-bond donors (Lipinski definition) is 3. The first-order valence-electron chi connectivity index (χ1n) is 14.7. The van der Waals surface area contributed by atoms with E-state index < -0.39 is 41.6 Å². The standard InChI is InChI=1S/C32H31F4N3O5/c33-18-5-1-16(2-6-18)26-28-23(31(38,15-42-28)32(34,35)36)13-25(39-26)30(41,17-3-4-17)14-22-21(29(37)40)11-12-24(43-19-7-8-19)27(22)44-20-9-10-20/h1-2,5-6,11-13,17,19-20,41H,3-4,7-10,14-15,38H2,(H2,37,40)/t30-,31-/m0/s1. The van der Waals surface area contributed by atoms with Crippen LogP contribution in [-0.4, -0.2) is 41.0 Å². The molecular formula is C32H31F4N3O5. The number of halogens is 4. The largest absolute Gasteiger partial charge is 0.488 e. The molecule has 232 valence electrons. The number of amides is 1. The molecule has 12 heteroatoms. The number of carbonyl (C=O) groups is 1. The molecule has 5 N–H and O–H groups in total. The Balaban J connectivity index is 1.41. The third kappa shape index (κ3) is 5.03. The Bertz CT molecular complexity index is 1640. The number of aromatic nitrogens is 1. The summed E-state index contributed by atoms with van der Waals surface area (Å²) < 4.78 is 74.9. The van der Waals surface area contributed by atoms with E-state index >= 15 is 0 Å². The number of hydrogen-bond acceptors (Lipinski definition) is 7. The first-order chi connectivity index (χ1) is 20.9. The average molecular weight is 614 g/mol. The summed E-state index contributed by atoms with van der Waals surface area (Å²) in [6, 6.07) is 9.35. The minimum atomic E-state index is -4.90. The molecule has 3 saturated carbocycles. The first-order valence-corrected chi connectivity index (χ1v) is 14.7. The molecule has 2 atom stereocenters. The van der Waals surface area contributed by atoms with E-state index in [1.54, 1.807) is 6.07 Å². The fourth-order valence-electron chi connectivity index (χ4n) is 5.76. The number of rotatable bonds is 10. The molecule has 8 nitrogen and oxygen atoms in total. The van der Waals surface area contributed by atoms with Gasteiger partial charge in [-0.1, -0.05) is 0 Å². The second-order valence-electron chi connectivity index (χ2n) is 12.3. The van der Waals surface area contributed by atoms with Gasteiger partial charge in [0.2, 0.25) is 5.91 Å². The number of nitrogens with two attached hydrogens (primary N) is 2. The Hall–Kier alpha value is -3.90. The summed E-state index contributed by atoms with van der Waals surface area (Å²) in [6.45, 7) is -0.890. The second kappa shape index (κ2) is 10.1. The SMILES string of the molecule is NC(=O)c1ccc(OC2CC2)c(OC2CC2)c1C[C@@](O)(c1cc2c(c(-c3ccc(F)cc3)n1)OC[C@@]2(N)C(F)(F)F)C1CC1. The van der Waals surface area contributed by atoms with Crippen LogP contribution in [0, 0.1) is 11.7 Å². The summed E-state index contributed by atoms with van der Waals surface area (Å²) in [5.41, 5.74) is 7.25. The lowest BCUT2D eigenvalue weighted by Gasteiger charge is -2.32. The molecule has 0 radical (unpaired) electrons. The molecule has 0 saturated heterocycles. The predicted octanol–water partition coefficient (Wildman–Crippen LogP) is 5.02. The van der Waals surface area contributed by atoms with Gasteiger partial charge in [-0.05, 0) is 86.9 Å². The van der Waals surface area contributed by atoms with Gasteiger partial charge in [-0.2, -0.15) is 13.2 Å². The van der Waals surface area contributed by atoms with Crippen molar-refractivity contribution >= 4 is 5.91 Å². The van der Waals surface area contributed by atoms with Crippen LogP contribution >= 0.6 is 0 Å². The van der Waals surface area contributed by atoms with E-state index in [9.17, 15) is 27.5 Å². The molecule has 3 fully saturated rings. The van der Waals surface area contributed by atoms with Gasteiger partial charge in [-0.15, -0.1) is 0 Å². The molecule has 2 heterocycles. The number of carbonyl (C=O) groups excluding carboxylic acids is 1. The van der Waals surface area contributed by atoms with Gasteiger partial charge in [0.1, 0.15) is 23.7 Å². The molecule has 4 aliphatic rings. The zero-order valence-corrected chi connectivity index (χ0v) is 23.6. The van der Waals surface area contributed by atoms with Crippen molar-refractivity contribution in [3.63, 3.8) is 0 Å². The van der Waals surface area contributed by atoms with Crippen molar-refractivity contribution in [1.29, 1.82) is 0 Å². The highest BCUT2D eigenvalue weighted by atomic mass is 19.4. The van der Waals surface area contributed by atoms with Gasteiger partial charge in [0, 0.05) is 28.7 Å². The highest BCUT2D eigenvalue weighted by molar-refractivity contribution is 5.95. The number of primary amides is 1. The van der Waals surface area contributed by atoms with Crippen molar-refractivity contribution in [3.05, 3.63) is 70.7 Å². The molecule has 3 aromatic rings. The minimum Gasteiger partial charge on any atom is -0.488 e. The molecule has 0 unspecified atom stereocenters. The van der Waals surface area contributed by atoms with E-state index in [0.717, 1.165) is 43.9 Å². The van der Waals surface area contributed by atoms with E-state index in [0.29, 0.717) is 29.9 Å². The normalized spacial score (nSPS) is 22.6. The molecule has 3 aliphatic carbocycles. The van der Waals surface area contributed by atoms with Gasteiger partial charge >= 0.3 is 6.18 Å². The molecular weight excluding hydrogens is 582 g/mol. The molecule has 1 aromatic heterocycles. The maximum atomic E-state index is 14.4. The summed E-state index contributed by atoms with van der Waals surface area (Å²) in [7, 11) is 0. The lowest BCUT2D eigenvalue weighted by molar-refractivity contribution is -0.191. The van der Waals surface area contributed by atoms with Gasteiger partial charge in [-0.3, -0.25) is 4.79 Å². The van der Waals surface area contributed by atoms with Crippen molar-refractivity contribution in [1.82, 2.24) is 4.98 Å². The maximum absolute atomic E-state index is 14.4. The van der Waals surface area contributed by atoms with E-state index in [1.807, 2.05) is 0 Å². The average Bonchev–Trinajstić information content (AvgIpc) is 3.82. The number of pyridine rings is 1. The highest BCUT2D eigenvalue weighted by Crippen LogP contribution is 2.54. The zero-order chi connectivity index (χ0) is 31.0. The Morgan fingerprint density at radius 1 is 1.02 bits per heavy atom. The fourth-order valence-corrected chi connectivity index (χ4v) is 5.76. The summed E-state index contributed by atoms with van der Waals surface area (Å²) in [5, 5.41) is 12.5. The fraction of sp³-hybridized carbons (Fsp3) is 0.438. The highest BCUT2D eigenvalue weighted by Gasteiger charge is 2.60. The topological polar surface area (TPSA) is 130 Å². The molecule has 0 spiro atoms. The summed E-state index contributed by atoms with van der Waals surface area (Å²) >= 11 is 0. The molecule has 7 rings (SSSR count). The quantitative estimate of drug-likeness (QED) is 0.274. The zero-order valence-electron chi connectivity index (χ0n) is 23.6. The van der Waals surface area contributed by atoms with Crippen LogP contribution in [0.5, 0.6) is 17.2 Å². The van der Waals surface area contributed by atoms with Crippen LogP contribution in [0.15, 0.2) is 42.5 Å². The van der Waals surface area contributed by atoms with E-state index in [-0.39, 0.29) is 52.5 Å². The smallest absolute Gasteiger partial charge is 0.414 e. The summed E-state index contributed by atoms with van der Waals surface area (Å²) in [5.74, 6) is -1.18. The van der Waals surface area contributed by atoms with Crippen molar-refractivity contribution < 1.29 is 41.7 Å². The minimum absolute atomic E-state index is 0.00263. The van der Waals surface area contributed by atoms with Crippen molar-refractivity contribution in [2.24, 2.45) is 17.4 Å². The van der Waals surface area contributed by atoms with Gasteiger partial charge in [0.15, 0.2) is 22.8 Å². The van der Waals surface area contributed by atoms with Crippen LogP contribution in [0.1, 0.15) is 65.7 Å². The van der Waals surface area contributed by atoms with Crippen molar-refractivity contribution in [2.75, 3.05) is 6.61 Å². The van der Waals surface area contributed by atoms with Crippen molar-refractivity contribution in [2.45, 2.75) is 74.5 Å². The number of benzene rings is 2. The predicted molar refractivity (Wildman–Crippen MR) is 150 cm³/mol. The summed E-state index contributed by atoms with van der Waals surface area (Å²) in [6.07, 6.45) is -0.753. The van der Waals surface area contributed by atoms with Crippen LogP contribution in [0.2, 0.25) is 0 Å². The molecule has 1 aliphatic heterocycles. The van der Waals surface area contributed by atoms with Gasteiger partial charge in [-0.25, -0.2) is 9.37 Å². The van der Waals surface area contributed by atoms with E-state index in [2.05, 4.69) is 4.98 Å². The Morgan fingerprint density at radius 3 is 2.27 bits per heavy atom. The van der Waals surface area contributed by atoms with E-state index in [4.69, 9.17) is 25.7 Å². The van der Waals surface area contributed by atoms with Crippen LogP contribution in [0.3, 0.4) is 0 Å². The molecule has 2 aromatic carbocycles. The Morgan fingerprint density at radius 2 is 1.68 bits per heavy atom. The third-order valence-corrected chi connectivity index (χ3v) is 8.78. The lowest BCUT2D eigenvalue weighted by atomic mass is 9.81. The van der Waals surface area contributed by atoms with Crippen LogP contribution in [0.4, 0.5) is 17.6 Å². The number of fused-ring (bicyclic) bond motifs is 1. The first kappa shape index (κ1) is 28.8. The second-order valence-corrected chi connectivity index (χ2v) is 12.3. The summed E-state index contributed by atoms with van der Waals surface area (Å²) in [4.78, 5) is 17.4. The Kier molecular flexibility index (Phi) is 6.60. The van der Waals surface area contributed by atoms with Crippen molar-refractivity contribution in [3.8, 4) is 28.5 Å². The van der Waals surface area contributed by atoms with Crippen LogP contribution in [-0.2, 0) is 17.6 Å². The third-order valence-electron chi connectivity index (χ3n) is 8.78. The van der Waals surface area contributed by atoms with Crippen LogP contribution in [0.25, 0.3) is 11.3 Å². The van der Waals surface area contributed by atoms with E-state index in [1.165, 1.54) is 18.2 Å². The number of nitrogens with zero attached hydrogens (tertiary/aromatic N) is 1.